The zero-order chi connectivity index (χ0) is 15.6. The average Bonchev–Trinajstić information content (AvgIpc) is 3.25. The topological polar surface area (TPSA) is 72.7 Å². The van der Waals surface area contributed by atoms with Gasteiger partial charge in [-0.25, -0.2) is 14.6 Å². The van der Waals surface area contributed by atoms with E-state index in [1.54, 1.807) is 12.7 Å². The van der Waals surface area contributed by atoms with Crippen LogP contribution in [0, 0.1) is 0 Å². The first-order valence-electron chi connectivity index (χ1n) is 7.80. The first kappa shape index (κ1) is 14.3. The highest BCUT2D eigenvalue weighted by Gasteiger charge is 2.25. The lowest BCUT2D eigenvalue weighted by atomic mass is 9.91. The lowest BCUT2D eigenvalue weighted by molar-refractivity contribution is 0.0921. The summed E-state index contributed by atoms with van der Waals surface area (Å²) in [6.07, 6.45) is 7.27. The van der Waals surface area contributed by atoms with Crippen LogP contribution in [0.25, 0.3) is 10.2 Å². The highest BCUT2D eigenvalue weighted by molar-refractivity contribution is 7.20. The summed E-state index contributed by atoms with van der Waals surface area (Å²) in [5.74, 6) is -0.0598. The predicted octanol–water partition coefficient (Wildman–Crippen LogP) is 2.80. The van der Waals surface area contributed by atoms with Crippen LogP contribution in [0.15, 0.2) is 36.9 Å². The molecular weight excluding hydrogens is 310 g/mol. The normalized spacial score (nSPS) is 21.4. The number of para-hydroxylation sites is 1. The number of amides is 1. The van der Waals surface area contributed by atoms with Crippen LogP contribution in [0.4, 0.5) is 0 Å². The number of carbonyl (C=O) groups excluding carboxylic acids is 1. The predicted molar refractivity (Wildman–Crippen MR) is 88.4 cm³/mol. The maximum atomic E-state index is 12.4. The van der Waals surface area contributed by atoms with Gasteiger partial charge in [0.05, 0.1) is 16.3 Å². The molecule has 1 saturated carbocycles. The molecule has 4 rings (SSSR count). The van der Waals surface area contributed by atoms with Gasteiger partial charge in [0.2, 0.25) is 0 Å². The number of thiazole rings is 1. The van der Waals surface area contributed by atoms with Gasteiger partial charge in [0.25, 0.3) is 5.91 Å². The SMILES string of the molecule is O=C(NC1CCC(n2cncn2)CC1)c1nc2ccccc2s1. The summed E-state index contributed by atoms with van der Waals surface area (Å²) in [6.45, 7) is 0. The minimum absolute atomic E-state index is 0.0598. The number of rotatable bonds is 3. The molecule has 0 radical (unpaired) electrons. The molecule has 1 N–H and O–H groups in total. The molecule has 1 amide bonds. The summed E-state index contributed by atoms with van der Waals surface area (Å²) < 4.78 is 2.97. The van der Waals surface area contributed by atoms with Crippen molar-refractivity contribution in [3.63, 3.8) is 0 Å². The minimum atomic E-state index is -0.0598. The van der Waals surface area contributed by atoms with E-state index in [1.165, 1.54) is 11.3 Å². The van der Waals surface area contributed by atoms with Gasteiger partial charge in [-0.15, -0.1) is 11.3 Å². The standard InChI is InChI=1S/C16H17N5OS/c22-15(16-20-13-3-1-2-4-14(13)23-16)19-11-5-7-12(8-6-11)21-10-17-9-18-21/h1-4,9-12H,5-8H2,(H,19,22). The molecule has 2 aromatic heterocycles. The van der Waals surface area contributed by atoms with Crippen LogP contribution in [0.3, 0.4) is 0 Å². The number of carbonyl (C=O) groups is 1. The van der Waals surface area contributed by atoms with E-state index < -0.39 is 0 Å². The van der Waals surface area contributed by atoms with Gasteiger partial charge in [-0.05, 0) is 37.8 Å². The number of fused-ring (bicyclic) bond motifs is 1. The molecule has 1 aliphatic carbocycles. The Morgan fingerprint density at radius 3 is 2.78 bits per heavy atom. The Morgan fingerprint density at radius 2 is 2.04 bits per heavy atom. The Balaban J connectivity index is 1.38. The van der Waals surface area contributed by atoms with E-state index >= 15 is 0 Å². The first-order chi connectivity index (χ1) is 11.3. The Hall–Kier alpha value is -2.28. The van der Waals surface area contributed by atoms with E-state index in [-0.39, 0.29) is 11.9 Å². The van der Waals surface area contributed by atoms with Crippen LogP contribution >= 0.6 is 11.3 Å². The molecule has 0 aliphatic heterocycles. The van der Waals surface area contributed by atoms with Crippen LogP contribution in [0.2, 0.25) is 0 Å². The molecular formula is C16H17N5OS. The fraction of sp³-hybridized carbons (Fsp3) is 0.375. The Kier molecular flexibility index (Phi) is 3.78. The van der Waals surface area contributed by atoms with Gasteiger partial charge in [-0.3, -0.25) is 4.79 Å². The van der Waals surface area contributed by atoms with Gasteiger partial charge in [-0.1, -0.05) is 12.1 Å². The molecule has 3 aromatic rings. The van der Waals surface area contributed by atoms with Crippen molar-refractivity contribution in [2.75, 3.05) is 0 Å². The molecule has 0 atom stereocenters. The number of nitrogens with zero attached hydrogens (tertiary/aromatic N) is 4. The highest BCUT2D eigenvalue weighted by atomic mass is 32.1. The molecule has 1 aromatic carbocycles. The second kappa shape index (κ2) is 6.08. The van der Waals surface area contributed by atoms with E-state index in [4.69, 9.17) is 0 Å². The fourth-order valence-electron chi connectivity index (χ4n) is 3.11. The van der Waals surface area contributed by atoms with Crippen LogP contribution in [-0.2, 0) is 0 Å². The molecule has 7 heteroatoms. The lowest BCUT2D eigenvalue weighted by Crippen LogP contribution is -2.38. The number of nitrogens with one attached hydrogen (secondary N) is 1. The van der Waals surface area contributed by atoms with E-state index in [0.717, 1.165) is 35.9 Å². The molecule has 23 heavy (non-hydrogen) atoms. The van der Waals surface area contributed by atoms with Crippen molar-refractivity contribution in [2.24, 2.45) is 0 Å². The average molecular weight is 327 g/mol. The van der Waals surface area contributed by atoms with Crippen molar-refractivity contribution in [1.29, 1.82) is 0 Å². The highest BCUT2D eigenvalue weighted by Crippen LogP contribution is 2.28. The van der Waals surface area contributed by atoms with E-state index in [1.807, 2.05) is 28.9 Å². The number of aromatic nitrogens is 4. The van der Waals surface area contributed by atoms with E-state index in [9.17, 15) is 4.79 Å². The third kappa shape index (κ3) is 2.96. The number of hydrogen-bond donors (Lipinski definition) is 1. The van der Waals surface area contributed by atoms with Crippen molar-refractivity contribution in [3.8, 4) is 0 Å². The Labute approximate surface area is 137 Å². The molecule has 0 unspecified atom stereocenters. The maximum absolute atomic E-state index is 12.4. The van der Waals surface area contributed by atoms with Gasteiger partial charge in [-0.2, -0.15) is 5.10 Å². The Morgan fingerprint density at radius 1 is 1.22 bits per heavy atom. The maximum Gasteiger partial charge on any atom is 0.280 e. The lowest BCUT2D eigenvalue weighted by Gasteiger charge is -2.28. The summed E-state index contributed by atoms with van der Waals surface area (Å²) in [5, 5.41) is 7.88. The first-order valence-corrected chi connectivity index (χ1v) is 8.62. The summed E-state index contributed by atoms with van der Waals surface area (Å²) in [6, 6.07) is 8.45. The quantitative estimate of drug-likeness (QED) is 0.803. The fourth-order valence-corrected chi connectivity index (χ4v) is 3.98. The van der Waals surface area contributed by atoms with Gasteiger partial charge >= 0.3 is 0 Å². The van der Waals surface area contributed by atoms with Crippen molar-refractivity contribution in [2.45, 2.75) is 37.8 Å². The second-order valence-corrected chi connectivity index (χ2v) is 6.87. The van der Waals surface area contributed by atoms with Crippen LogP contribution < -0.4 is 5.32 Å². The summed E-state index contributed by atoms with van der Waals surface area (Å²) in [5.41, 5.74) is 0.887. The van der Waals surface area contributed by atoms with Gasteiger partial charge in [0, 0.05) is 6.04 Å². The molecule has 0 bridgehead atoms. The largest absolute Gasteiger partial charge is 0.347 e. The minimum Gasteiger partial charge on any atom is -0.347 e. The van der Waals surface area contributed by atoms with Crippen molar-refractivity contribution in [3.05, 3.63) is 41.9 Å². The monoisotopic (exact) mass is 327 g/mol. The second-order valence-electron chi connectivity index (χ2n) is 5.84. The zero-order valence-electron chi connectivity index (χ0n) is 12.6. The van der Waals surface area contributed by atoms with Crippen LogP contribution in [0.1, 0.15) is 41.5 Å². The van der Waals surface area contributed by atoms with Crippen molar-refractivity contribution >= 4 is 27.5 Å². The van der Waals surface area contributed by atoms with Crippen LogP contribution in [-0.4, -0.2) is 31.7 Å². The number of hydrogen-bond acceptors (Lipinski definition) is 5. The van der Waals surface area contributed by atoms with E-state index in [2.05, 4.69) is 20.4 Å². The smallest absolute Gasteiger partial charge is 0.280 e. The van der Waals surface area contributed by atoms with Crippen LogP contribution in [0.5, 0.6) is 0 Å². The summed E-state index contributed by atoms with van der Waals surface area (Å²) in [7, 11) is 0. The third-order valence-electron chi connectivity index (χ3n) is 4.33. The Bertz CT molecular complexity index is 772. The number of benzene rings is 1. The van der Waals surface area contributed by atoms with E-state index in [0.29, 0.717) is 11.0 Å². The molecule has 1 aliphatic rings. The van der Waals surface area contributed by atoms with Gasteiger partial charge in [0.15, 0.2) is 5.01 Å². The van der Waals surface area contributed by atoms with Crippen molar-refractivity contribution < 1.29 is 4.79 Å². The molecule has 2 heterocycles. The summed E-state index contributed by atoms with van der Waals surface area (Å²) >= 11 is 1.45. The molecule has 118 valence electrons. The third-order valence-corrected chi connectivity index (χ3v) is 5.37. The molecule has 6 nitrogen and oxygen atoms in total. The van der Waals surface area contributed by atoms with Crippen molar-refractivity contribution in [1.82, 2.24) is 25.1 Å². The summed E-state index contributed by atoms with van der Waals surface area (Å²) in [4.78, 5) is 20.8. The van der Waals surface area contributed by atoms with Gasteiger partial charge < -0.3 is 5.32 Å². The molecule has 1 fully saturated rings. The van der Waals surface area contributed by atoms with Gasteiger partial charge in [0.1, 0.15) is 12.7 Å². The molecule has 0 spiro atoms. The molecule has 0 saturated heterocycles. The zero-order valence-corrected chi connectivity index (χ0v) is 13.4.